The Morgan fingerprint density at radius 2 is 1.67 bits per heavy atom. The second-order valence-electron chi connectivity index (χ2n) is 14.1. The largest absolute Gasteiger partial charge is 0.455 e. The fraction of sp³-hybridized carbons (Fsp3) is 0.381. The summed E-state index contributed by atoms with van der Waals surface area (Å²) in [6.45, 7) is 9.04. The molecule has 0 radical (unpaired) electrons. The van der Waals surface area contributed by atoms with Crippen molar-refractivity contribution in [3.63, 3.8) is 0 Å². The standard InChI is InChI=1S/C42H45BrClN3O7/c1-5-7-18-33(49)45(4)26(3)36(28-16-12-9-13-17-28)53-41(52)34-35-39(50)47(32(25-48)27-14-10-8-11-15-27)38(42(35)24-31(43)37(34)54-42)40(51)46(23-6-2)30-21-19-29(44)20-22-30/h5-6,8-17,19-22,26,31-32,34-38,48H,1-2,7,18,23-25H2,3-4H3/t26-,31?,32+,34-,35+,36+,37-,38-,42+/m0/s1. The maximum absolute atomic E-state index is 15.1. The number of ether oxygens (including phenoxy) is 2. The number of likely N-dealkylation sites (tertiary alicyclic amines) is 1. The summed E-state index contributed by atoms with van der Waals surface area (Å²) in [5, 5.41) is 11.4. The molecule has 0 aromatic heterocycles. The van der Waals surface area contributed by atoms with E-state index in [0.29, 0.717) is 28.3 Å². The van der Waals surface area contributed by atoms with Gasteiger partial charge in [-0.05, 0) is 55.2 Å². The van der Waals surface area contributed by atoms with Gasteiger partial charge < -0.3 is 29.3 Å². The van der Waals surface area contributed by atoms with Crippen LogP contribution in [0.2, 0.25) is 5.02 Å². The van der Waals surface area contributed by atoms with Crippen molar-refractivity contribution in [1.29, 1.82) is 0 Å². The van der Waals surface area contributed by atoms with E-state index in [4.69, 9.17) is 21.1 Å². The lowest BCUT2D eigenvalue weighted by Gasteiger charge is -2.39. The molecule has 0 aliphatic carbocycles. The number of alkyl halides is 1. The summed E-state index contributed by atoms with van der Waals surface area (Å²) < 4.78 is 13.2. The number of anilines is 1. The number of carbonyl (C=O) groups is 4. The van der Waals surface area contributed by atoms with Crippen molar-refractivity contribution in [3.05, 3.63) is 126 Å². The van der Waals surface area contributed by atoms with Gasteiger partial charge in [0.2, 0.25) is 11.8 Å². The van der Waals surface area contributed by atoms with Crippen LogP contribution in [0.1, 0.15) is 49.5 Å². The van der Waals surface area contributed by atoms with Crippen LogP contribution in [-0.2, 0) is 28.7 Å². The third kappa shape index (κ3) is 7.14. The number of hydrogen-bond acceptors (Lipinski definition) is 7. The maximum Gasteiger partial charge on any atom is 0.313 e. The van der Waals surface area contributed by atoms with Gasteiger partial charge >= 0.3 is 5.97 Å². The number of aliphatic hydroxyl groups excluding tert-OH is 1. The van der Waals surface area contributed by atoms with Gasteiger partial charge in [-0.1, -0.05) is 100 Å². The van der Waals surface area contributed by atoms with Gasteiger partial charge in [0.1, 0.15) is 17.7 Å². The minimum atomic E-state index is -1.45. The van der Waals surface area contributed by atoms with Gasteiger partial charge in [0.05, 0.1) is 36.6 Å². The molecule has 3 amide bonds. The predicted molar refractivity (Wildman–Crippen MR) is 210 cm³/mol. The number of allylic oxidation sites excluding steroid dienone is 1. The average molecular weight is 819 g/mol. The van der Waals surface area contributed by atoms with E-state index in [0.717, 1.165) is 0 Å². The number of nitrogens with zero attached hydrogens (tertiary/aromatic N) is 3. The predicted octanol–water partition coefficient (Wildman–Crippen LogP) is 6.44. The molecule has 9 atom stereocenters. The molecule has 3 aliphatic rings. The number of aliphatic hydroxyl groups is 1. The van der Waals surface area contributed by atoms with Crippen molar-refractivity contribution >= 4 is 56.9 Å². The van der Waals surface area contributed by atoms with Crippen LogP contribution in [0, 0.1) is 11.8 Å². The van der Waals surface area contributed by atoms with Gasteiger partial charge in [-0.3, -0.25) is 19.2 Å². The summed E-state index contributed by atoms with van der Waals surface area (Å²) in [4.78, 5) is 62.1. The van der Waals surface area contributed by atoms with E-state index in [-0.39, 0.29) is 25.3 Å². The summed E-state index contributed by atoms with van der Waals surface area (Å²) in [7, 11) is 1.67. The molecule has 3 aromatic rings. The number of fused-ring (bicyclic) bond motifs is 1. The fourth-order valence-electron chi connectivity index (χ4n) is 8.33. The average Bonchev–Trinajstić information content (AvgIpc) is 3.78. The van der Waals surface area contributed by atoms with Crippen LogP contribution >= 0.6 is 27.5 Å². The zero-order chi connectivity index (χ0) is 38.7. The normalized spacial score (nSPS) is 25.7. The van der Waals surface area contributed by atoms with Crippen molar-refractivity contribution in [3.8, 4) is 0 Å². The van der Waals surface area contributed by atoms with Gasteiger partial charge in [-0.2, -0.15) is 0 Å². The number of amides is 3. The first-order valence-corrected chi connectivity index (χ1v) is 19.4. The van der Waals surface area contributed by atoms with E-state index in [2.05, 4.69) is 29.1 Å². The third-order valence-electron chi connectivity index (χ3n) is 11.0. The number of rotatable bonds is 15. The van der Waals surface area contributed by atoms with Gasteiger partial charge in [0.25, 0.3) is 5.91 Å². The van der Waals surface area contributed by atoms with E-state index >= 15 is 9.59 Å². The molecule has 1 unspecified atom stereocenters. The molecule has 1 spiro atoms. The molecule has 3 saturated heterocycles. The number of hydrogen-bond donors (Lipinski definition) is 1. The molecule has 3 heterocycles. The first kappa shape index (κ1) is 39.4. The third-order valence-corrected chi connectivity index (χ3v) is 12.1. The lowest BCUT2D eigenvalue weighted by Crippen LogP contribution is -2.57. The lowest BCUT2D eigenvalue weighted by atomic mass is 9.70. The number of carbonyl (C=O) groups excluding carboxylic acids is 4. The minimum absolute atomic E-state index is 0.108. The Morgan fingerprint density at radius 1 is 1.04 bits per heavy atom. The highest BCUT2D eigenvalue weighted by Gasteiger charge is 2.78. The van der Waals surface area contributed by atoms with Crippen molar-refractivity contribution < 1.29 is 33.8 Å². The molecule has 1 N–H and O–H groups in total. The summed E-state index contributed by atoms with van der Waals surface area (Å²) in [5.74, 6) is -3.96. The molecular formula is C42H45BrClN3O7. The van der Waals surface area contributed by atoms with Gasteiger partial charge in [-0.25, -0.2) is 0 Å². The Balaban J connectivity index is 1.42. The zero-order valence-corrected chi connectivity index (χ0v) is 32.6. The summed E-state index contributed by atoms with van der Waals surface area (Å²) in [6.07, 6.45) is 2.59. The van der Waals surface area contributed by atoms with Crippen LogP contribution < -0.4 is 4.90 Å². The molecule has 3 aliphatic heterocycles. The molecule has 10 nitrogen and oxygen atoms in total. The van der Waals surface area contributed by atoms with Gasteiger partial charge in [-0.15, -0.1) is 13.2 Å². The van der Waals surface area contributed by atoms with E-state index in [9.17, 15) is 14.7 Å². The van der Waals surface area contributed by atoms with Gasteiger partial charge in [0, 0.05) is 35.6 Å². The fourth-order valence-corrected chi connectivity index (χ4v) is 9.39. The molecule has 3 aromatic carbocycles. The van der Waals surface area contributed by atoms with E-state index in [1.807, 2.05) is 43.3 Å². The maximum atomic E-state index is 15.1. The van der Waals surface area contributed by atoms with Crippen molar-refractivity contribution in [1.82, 2.24) is 9.80 Å². The van der Waals surface area contributed by atoms with Crippen molar-refractivity contribution in [2.24, 2.45) is 11.8 Å². The van der Waals surface area contributed by atoms with Crippen LogP contribution in [-0.4, -0.2) is 87.4 Å². The summed E-state index contributed by atoms with van der Waals surface area (Å²) >= 11 is 9.96. The monoisotopic (exact) mass is 817 g/mol. The van der Waals surface area contributed by atoms with Crippen LogP contribution in [0.3, 0.4) is 0 Å². The Hall–Kier alpha value is -4.29. The van der Waals surface area contributed by atoms with Crippen LogP contribution in [0.15, 0.2) is 110 Å². The smallest absolute Gasteiger partial charge is 0.313 e. The number of likely N-dealkylation sites (N-methyl/N-ethyl adjacent to an activating group) is 1. The Morgan fingerprint density at radius 3 is 2.26 bits per heavy atom. The number of esters is 1. The second kappa shape index (κ2) is 16.6. The SMILES string of the molecule is C=CCCC(=O)N(C)[C@@H](C)[C@@H](OC(=O)[C@@H]1[C@H]2O[C@@]3(CC2Br)[C@H](C(=O)N(CC=C)c2ccc(Cl)cc2)N([C@H](CO)c2ccccc2)C(=O)[C@@H]13)c1ccccc1. The molecule has 3 fully saturated rings. The molecule has 0 saturated carbocycles. The molecule has 284 valence electrons. The summed E-state index contributed by atoms with van der Waals surface area (Å²) in [6, 6.07) is 22.2. The zero-order valence-electron chi connectivity index (χ0n) is 30.3. The van der Waals surface area contributed by atoms with Crippen LogP contribution in [0.5, 0.6) is 0 Å². The highest BCUT2D eigenvalue weighted by Crippen LogP contribution is 2.61. The lowest BCUT2D eigenvalue weighted by molar-refractivity contribution is -0.165. The van der Waals surface area contributed by atoms with E-state index in [1.54, 1.807) is 72.6 Å². The Labute approximate surface area is 329 Å². The van der Waals surface area contributed by atoms with Crippen LogP contribution in [0.4, 0.5) is 5.69 Å². The highest BCUT2D eigenvalue weighted by molar-refractivity contribution is 9.09. The van der Waals surface area contributed by atoms with E-state index < -0.39 is 77.0 Å². The first-order valence-electron chi connectivity index (χ1n) is 18.1. The summed E-state index contributed by atoms with van der Waals surface area (Å²) in [5.41, 5.74) is 0.379. The van der Waals surface area contributed by atoms with Crippen LogP contribution in [0.25, 0.3) is 0 Å². The number of halogens is 2. The van der Waals surface area contributed by atoms with Crippen molar-refractivity contribution in [2.75, 3.05) is 25.1 Å². The van der Waals surface area contributed by atoms with Crippen molar-refractivity contribution in [2.45, 2.75) is 66.9 Å². The Kier molecular flexibility index (Phi) is 12.1. The molecular weight excluding hydrogens is 774 g/mol. The highest BCUT2D eigenvalue weighted by atomic mass is 79.9. The minimum Gasteiger partial charge on any atom is -0.455 e. The van der Waals surface area contributed by atoms with Gasteiger partial charge in [0.15, 0.2) is 0 Å². The first-order chi connectivity index (χ1) is 26.0. The molecule has 12 heteroatoms. The molecule has 2 bridgehead atoms. The Bertz CT molecular complexity index is 1860. The second-order valence-corrected chi connectivity index (χ2v) is 15.7. The molecule has 6 rings (SSSR count). The van der Waals surface area contributed by atoms with E-state index in [1.165, 1.54) is 9.80 Å². The molecule has 54 heavy (non-hydrogen) atoms. The topological polar surface area (TPSA) is 117 Å². The number of benzene rings is 3. The quantitative estimate of drug-likeness (QED) is 0.107.